The average Bonchev–Trinajstić information content (AvgIpc) is 3.10. The van der Waals surface area contributed by atoms with E-state index in [4.69, 9.17) is 0 Å². The number of nitrogens with zero attached hydrogens (tertiary/aromatic N) is 2. The highest BCUT2D eigenvalue weighted by molar-refractivity contribution is 7.88. The lowest BCUT2D eigenvalue weighted by Gasteiger charge is -2.29. The average molecular weight is 365 g/mol. The van der Waals surface area contributed by atoms with Crippen LogP contribution in [0.15, 0.2) is 18.2 Å². The number of sulfonamides is 1. The number of benzene rings is 1. The molecule has 1 amide bonds. The summed E-state index contributed by atoms with van der Waals surface area (Å²) < 4.78 is 24.6. The summed E-state index contributed by atoms with van der Waals surface area (Å²) in [7, 11) is -3.16. The molecule has 25 heavy (non-hydrogen) atoms. The highest BCUT2D eigenvalue weighted by Gasteiger charge is 2.29. The van der Waals surface area contributed by atoms with Crippen LogP contribution in [-0.4, -0.2) is 51.1 Å². The van der Waals surface area contributed by atoms with Crippen LogP contribution in [0.4, 0.5) is 11.4 Å². The zero-order valence-electron chi connectivity index (χ0n) is 15.0. The summed E-state index contributed by atoms with van der Waals surface area (Å²) in [5, 5.41) is 3.06. The molecule has 0 radical (unpaired) electrons. The van der Waals surface area contributed by atoms with Gasteiger partial charge in [0.25, 0.3) is 0 Å². The highest BCUT2D eigenvalue weighted by Crippen LogP contribution is 2.27. The second kappa shape index (κ2) is 7.33. The fourth-order valence-corrected chi connectivity index (χ4v) is 4.48. The van der Waals surface area contributed by atoms with Gasteiger partial charge < -0.3 is 10.2 Å². The fraction of sp³-hybridized carbons (Fsp3) is 0.611. The number of anilines is 2. The summed E-state index contributed by atoms with van der Waals surface area (Å²) in [5.74, 6) is -0.136. The molecule has 0 saturated carbocycles. The molecule has 2 fully saturated rings. The molecule has 3 rings (SSSR count). The SMILES string of the molecule is Cc1ccc(N2CCCC2)cc1NC(=O)C1CCN(S(C)(=O)=O)CC1. The molecule has 0 aromatic heterocycles. The quantitative estimate of drug-likeness (QED) is 0.888. The van der Waals surface area contributed by atoms with Crippen molar-refractivity contribution >= 4 is 27.3 Å². The minimum atomic E-state index is -3.16. The van der Waals surface area contributed by atoms with Gasteiger partial charge in [-0.05, 0) is 50.3 Å². The number of amides is 1. The van der Waals surface area contributed by atoms with Crippen molar-refractivity contribution in [1.29, 1.82) is 0 Å². The monoisotopic (exact) mass is 365 g/mol. The van der Waals surface area contributed by atoms with Gasteiger partial charge in [0.05, 0.1) is 6.26 Å². The summed E-state index contributed by atoms with van der Waals surface area (Å²) in [4.78, 5) is 15.0. The van der Waals surface area contributed by atoms with E-state index in [-0.39, 0.29) is 11.8 Å². The van der Waals surface area contributed by atoms with Crippen molar-refractivity contribution in [2.45, 2.75) is 32.6 Å². The maximum Gasteiger partial charge on any atom is 0.227 e. The van der Waals surface area contributed by atoms with Crippen molar-refractivity contribution < 1.29 is 13.2 Å². The summed E-state index contributed by atoms with van der Waals surface area (Å²) in [5.41, 5.74) is 3.06. The Kier molecular flexibility index (Phi) is 5.34. The molecule has 0 unspecified atom stereocenters. The first kappa shape index (κ1) is 18.2. The zero-order valence-corrected chi connectivity index (χ0v) is 15.8. The molecular weight excluding hydrogens is 338 g/mol. The van der Waals surface area contributed by atoms with E-state index >= 15 is 0 Å². The lowest BCUT2D eigenvalue weighted by atomic mass is 9.97. The molecule has 2 saturated heterocycles. The van der Waals surface area contributed by atoms with E-state index in [1.165, 1.54) is 23.4 Å². The van der Waals surface area contributed by atoms with Gasteiger partial charge in [-0.25, -0.2) is 12.7 Å². The van der Waals surface area contributed by atoms with Crippen molar-refractivity contribution in [1.82, 2.24) is 4.31 Å². The molecule has 0 aliphatic carbocycles. The van der Waals surface area contributed by atoms with E-state index in [0.29, 0.717) is 25.9 Å². The summed E-state index contributed by atoms with van der Waals surface area (Å²) in [6.45, 7) is 4.98. The van der Waals surface area contributed by atoms with Gasteiger partial charge >= 0.3 is 0 Å². The Balaban J connectivity index is 1.64. The van der Waals surface area contributed by atoms with E-state index < -0.39 is 10.0 Å². The van der Waals surface area contributed by atoms with Crippen LogP contribution in [0.1, 0.15) is 31.2 Å². The fourth-order valence-electron chi connectivity index (χ4n) is 3.60. The standard InChI is InChI=1S/C18H27N3O3S/c1-14-5-6-16(20-9-3-4-10-20)13-17(14)19-18(22)15-7-11-21(12-8-15)25(2,23)24/h5-6,13,15H,3-4,7-12H2,1-2H3,(H,19,22). The number of nitrogens with one attached hydrogen (secondary N) is 1. The molecule has 1 N–H and O–H groups in total. The Labute approximate surface area is 150 Å². The molecular formula is C18H27N3O3S. The molecule has 1 aromatic carbocycles. The number of rotatable bonds is 4. The molecule has 6 nitrogen and oxygen atoms in total. The van der Waals surface area contributed by atoms with Crippen LogP contribution in [0, 0.1) is 12.8 Å². The van der Waals surface area contributed by atoms with E-state index in [2.05, 4.69) is 28.4 Å². The molecule has 0 bridgehead atoms. The zero-order chi connectivity index (χ0) is 18.0. The Morgan fingerprint density at radius 1 is 1.12 bits per heavy atom. The van der Waals surface area contributed by atoms with Gasteiger partial charge in [0.15, 0.2) is 0 Å². The van der Waals surface area contributed by atoms with Crippen LogP contribution in [0.25, 0.3) is 0 Å². The number of carbonyl (C=O) groups excluding carboxylic acids is 1. The summed E-state index contributed by atoms with van der Waals surface area (Å²) >= 11 is 0. The predicted octanol–water partition coefficient (Wildman–Crippen LogP) is 2.21. The van der Waals surface area contributed by atoms with Crippen molar-refractivity contribution in [2.75, 3.05) is 42.7 Å². The smallest absolute Gasteiger partial charge is 0.227 e. The second-order valence-electron chi connectivity index (χ2n) is 7.12. The highest BCUT2D eigenvalue weighted by atomic mass is 32.2. The van der Waals surface area contributed by atoms with Crippen molar-refractivity contribution in [2.24, 2.45) is 5.92 Å². The van der Waals surface area contributed by atoms with Gasteiger partial charge in [0.2, 0.25) is 15.9 Å². The number of hydrogen-bond donors (Lipinski definition) is 1. The minimum Gasteiger partial charge on any atom is -0.371 e. The third kappa shape index (κ3) is 4.33. The number of piperidine rings is 1. The van der Waals surface area contributed by atoms with Crippen LogP contribution < -0.4 is 10.2 Å². The van der Waals surface area contributed by atoms with Gasteiger partial charge in [-0.15, -0.1) is 0 Å². The van der Waals surface area contributed by atoms with Gasteiger partial charge in [-0.3, -0.25) is 4.79 Å². The predicted molar refractivity (Wildman–Crippen MR) is 100 cm³/mol. The molecule has 1 aromatic rings. The van der Waals surface area contributed by atoms with Gasteiger partial charge in [0, 0.05) is 43.5 Å². The first-order chi connectivity index (χ1) is 11.8. The third-order valence-electron chi connectivity index (χ3n) is 5.24. The van der Waals surface area contributed by atoms with Crippen molar-refractivity contribution in [3.05, 3.63) is 23.8 Å². The van der Waals surface area contributed by atoms with Crippen molar-refractivity contribution in [3.63, 3.8) is 0 Å². The number of aryl methyl sites for hydroxylation is 1. The number of hydrogen-bond acceptors (Lipinski definition) is 4. The van der Waals surface area contributed by atoms with E-state index in [0.717, 1.165) is 30.0 Å². The van der Waals surface area contributed by atoms with Gasteiger partial charge in [-0.1, -0.05) is 6.07 Å². The summed E-state index contributed by atoms with van der Waals surface area (Å²) in [6.07, 6.45) is 4.80. The first-order valence-corrected chi connectivity index (χ1v) is 10.8. The van der Waals surface area contributed by atoms with E-state index in [1.807, 2.05) is 6.92 Å². The lowest BCUT2D eigenvalue weighted by molar-refractivity contribution is -0.120. The topological polar surface area (TPSA) is 69.7 Å². The second-order valence-corrected chi connectivity index (χ2v) is 9.10. The largest absolute Gasteiger partial charge is 0.371 e. The van der Waals surface area contributed by atoms with Crippen LogP contribution in [0.3, 0.4) is 0 Å². The van der Waals surface area contributed by atoms with E-state index in [9.17, 15) is 13.2 Å². The minimum absolute atomic E-state index is 0.00479. The van der Waals surface area contributed by atoms with Crippen molar-refractivity contribution in [3.8, 4) is 0 Å². The van der Waals surface area contributed by atoms with Crippen LogP contribution in [0.5, 0.6) is 0 Å². The molecule has 7 heteroatoms. The summed E-state index contributed by atoms with van der Waals surface area (Å²) in [6, 6.07) is 6.22. The number of carbonyl (C=O) groups is 1. The van der Waals surface area contributed by atoms with Crippen LogP contribution >= 0.6 is 0 Å². The van der Waals surface area contributed by atoms with E-state index in [1.54, 1.807) is 0 Å². The Morgan fingerprint density at radius 3 is 2.36 bits per heavy atom. The molecule has 2 aliphatic heterocycles. The first-order valence-electron chi connectivity index (χ1n) is 8.96. The lowest BCUT2D eigenvalue weighted by Crippen LogP contribution is -2.40. The van der Waals surface area contributed by atoms with Crippen LogP contribution in [-0.2, 0) is 14.8 Å². The molecule has 2 aliphatic rings. The molecule has 0 atom stereocenters. The molecule has 0 spiro atoms. The normalized spacial score (nSPS) is 20.0. The Morgan fingerprint density at radius 2 is 1.76 bits per heavy atom. The maximum atomic E-state index is 12.6. The van der Waals surface area contributed by atoms with Crippen LogP contribution in [0.2, 0.25) is 0 Å². The van der Waals surface area contributed by atoms with Gasteiger partial charge in [-0.2, -0.15) is 0 Å². The van der Waals surface area contributed by atoms with Gasteiger partial charge in [0.1, 0.15) is 0 Å². The molecule has 138 valence electrons. The maximum absolute atomic E-state index is 12.6. The Hall–Kier alpha value is -1.60. The third-order valence-corrected chi connectivity index (χ3v) is 6.55. The molecule has 2 heterocycles. The Bertz CT molecular complexity index is 734.